The van der Waals surface area contributed by atoms with Gasteiger partial charge in [-0.3, -0.25) is 0 Å². The van der Waals surface area contributed by atoms with Crippen molar-refractivity contribution in [3.05, 3.63) is 11.6 Å². The molecule has 0 aromatic carbocycles. The molecule has 0 radical (unpaired) electrons. The first-order valence-electron chi connectivity index (χ1n) is 9.10. The molecule has 0 aromatic rings. The molecule has 118 valence electrons. The van der Waals surface area contributed by atoms with Crippen LogP contribution in [0.2, 0.25) is 0 Å². The van der Waals surface area contributed by atoms with Gasteiger partial charge in [0.15, 0.2) is 0 Å². The molecule has 0 heterocycles. The molecule has 1 rings (SSSR count). The van der Waals surface area contributed by atoms with Crippen molar-refractivity contribution in [3.63, 3.8) is 0 Å². The van der Waals surface area contributed by atoms with E-state index in [-0.39, 0.29) is 0 Å². The van der Waals surface area contributed by atoms with E-state index < -0.39 is 0 Å². The van der Waals surface area contributed by atoms with E-state index in [4.69, 9.17) is 11.6 Å². The molecule has 2 unspecified atom stereocenters. The average molecular weight is 299 g/mol. The lowest BCUT2D eigenvalue weighted by Crippen LogP contribution is -2.05. The zero-order valence-corrected chi connectivity index (χ0v) is 14.6. The summed E-state index contributed by atoms with van der Waals surface area (Å²) in [5.74, 6) is 0.845. The van der Waals surface area contributed by atoms with Gasteiger partial charge >= 0.3 is 0 Å². The molecule has 0 bridgehead atoms. The second-order valence-electron chi connectivity index (χ2n) is 6.57. The molecular weight excluding hydrogens is 264 g/mol. The van der Waals surface area contributed by atoms with E-state index in [0.717, 1.165) is 18.8 Å². The van der Waals surface area contributed by atoms with Gasteiger partial charge in [-0.2, -0.15) is 0 Å². The van der Waals surface area contributed by atoms with E-state index in [1.54, 1.807) is 5.57 Å². The van der Waals surface area contributed by atoms with Crippen LogP contribution >= 0.6 is 11.6 Å². The molecule has 0 saturated heterocycles. The van der Waals surface area contributed by atoms with Crippen LogP contribution in [0.4, 0.5) is 0 Å². The van der Waals surface area contributed by atoms with E-state index >= 15 is 0 Å². The van der Waals surface area contributed by atoms with Crippen LogP contribution in [0.25, 0.3) is 0 Å². The lowest BCUT2D eigenvalue weighted by atomic mass is 9.87. The summed E-state index contributed by atoms with van der Waals surface area (Å²) in [4.78, 5) is 0. The van der Waals surface area contributed by atoms with E-state index in [1.165, 1.54) is 70.6 Å². The van der Waals surface area contributed by atoms with Gasteiger partial charge in [-0.05, 0) is 31.6 Å². The molecule has 0 fully saturated rings. The Morgan fingerprint density at radius 2 is 1.50 bits per heavy atom. The van der Waals surface area contributed by atoms with Crippen LogP contribution in [0, 0.1) is 5.92 Å². The fourth-order valence-electron chi connectivity index (χ4n) is 3.36. The molecule has 1 aliphatic carbocycles. The topological polar surface area (TPSA) is 0 Å². The summed E-state index contributed by atoms with van der Waals surface area (Å²) in [5.41, 5.74) is 1.69. The number of rotatable bonds is 12. The third kappa shape index (κ3) is 7.72. The Kier molecular flexibility index (Phi) is 10.5. The van der Waals surface area contributed by atoms with Gasteiger partial charge in [0, 0.05) is 5.38 Å². The Morgan fingerprint density at radius 3 is 2.00 bits per heavy atom. The highest BCUT2D eigenvalue weighted by molar-refractivity contribution is 6.21. The Labute approximate surface area is 132 Å². The summed E-state index contributed by atoms with van der Waals surface area (Å²) >= 11 is 6.29. The van der Waals surface area contributed by atoms with Gasteiger partial charge in [0.25, 0.3) is 0 Å². The van der Waals surface area contributed by atoms with E-state index in [9.17, 15) is 0 Å². The van der Waals surface area contributed by atoms with Gasteiger partial charge in [-0.25, -0.2) is 0 Å². The Bertz CT molecular complexity index is 256. The summed E-state index contributed by atoms with van der Waals surface area (Å²) in [7, 11) is 0. The van der Waals surface area contributed by atoms with Crippen molar-refractivity contribution in [2.75, 3.05) is 0 Å². The summed E-state index contributed by atoms with van der Waals surface area (Å²) in [6, 6.07) is 0. The molecule has 0 aromatic heterocycles. The lowest BCUT2D eigenvalue weighted by Gasteiger charge is -2.19. The second-order valence-corrected chi connectivity index (χ2v) is 7.18. The van der Waals surface area contributed by atoms with Crippen LogP contribution in [0.3, 0.4) is 0 Å². The molecule has 1 heteroatoms. The Balaban J connectivity index is 2.27. The smallest absolute Gasteiger partial charge is 0.0407 e. The van der Waals surface area contributed by atoms with Crippen molar-refractivity contribution in [1.82, 2.24) is 0 Å². The lowest BCUT2D eigenvalue weighted by molar-refractivity contribution is 0.447. The number of halogens is 1. The van der Waals surface area contributed by atoms with Crippen molar-refractivity contribution >= 4 is 11.6 Å². The fourth-order valence-corrected chi connectivity index (χ4v) is 3.63. The zero-order chi connectivity index (χ0) is 14.6. The third-order valence-electron chi connectivity index (χ3n) is 4.68. The first-order chi connectivity index (χ1) is 9.77. The average Bonchev–Trinajstić information content (AvgIpc) is 2.87. The van der Waals surface area contributed by atoms with Gasteiger partial charge in [0.1, 0.15) is 0 Å². The predicted octanol–water partition coefficient (Wildman–Crippen LogP) is 7.26. The quantitative estimate of drug-likeness (QED) is 0.202. The first kappa shape index (κ1) is 18.1. The second kappa shape index (κ2) is 11.7. The molecule has 1 aliphatic rings. The minimum Gasteiger partial charge on any atom is -0.122 e. The number of alkyl halides is 1. The third-order valence-corrected chi connectivity index (χ3v) is 5.01. The molecule has 2 atom stereocenters. The maximum absolute atomic E-state index is 6.29. The monoisotopic (exact) mass is 298 g/mol. The van der Waals surface area contributed by atoms with Crippen LogP contribution in [0.5, 0.6) is 0 Å². The molecule has 0 nitrogen and oxygen atoms in total. The fraction of sp³-hybridized carbons (Fsp3) is 0.895. The summed E-state index contributed by atoms with van der Waals surface area (Å²) in [6.07, 6.45) is 20.1. The van der Waals surface area contributed by atoms with Crippen LogP contribution < -0.4 is 0 Å². The van der Waals surface area contributed by atoms with E-state index in [1.807, 2.05) is 0 Å². The highest BCUT2D eigenvalue weighted by Gasteiger charge is 2.21. The van der Waals surface area contributed by atoms with E-state index in [0.29, 0.717) is 5.38 Å². The van der Waals surface area contributed by atoms with Crippen molar-refractivity contribution in [3.8, 4) is 0 Å². The normalized spacial score (nSPS) is 20.1. The maximum Gasteiger partial charge on any atom is 0.0407 e. The standard InChI is InChI=1S/C19H35Cl/c1-3-5-7-9-11-13-17(12-10-8-6-4-2)18-14-15-19(20)16-18/h14,17,19H,3-13,15-16H2,1-2H3. The molecule has 0 saturated carbocycles. The number of allylic oxidation sites excluding steroid dienone is 2. The molecular formula is C19H35Cl. The van der Waals surface area contributed by atoms with Crippen LogP contribution in [-0.4, -0.2) is 5.38 Å². The first-order valence-corrected chi connectivity index (χ1v) is 9.54. The van der Waals surface area contributed by atoms with Crippen molar-refractivity contribution in [2.24, 2.45) is 5.92 Å². The number of unbranched alkanes of at least 4 members (excludes halogenated alkanes) is 7. The van der Waals surface area contributed by atoms with Crippen LogP contribution in [-0.2, 0) is 0 Å². The Morgan fingerprint density at radius 1 is 0.950 bits per heavy atom. The van der Waals surface area contributed by atoms with Gasteiger partial charge in [0.05, 0.1) is 0 Å². The molecule has 0 amide bonds. The largest absolute Gasteiger partial charge is 0.122 e. The SMILES string of the molecule is CCCCCCCC(CCCCCC)C1=CCC(Cl)C1. The molecule has 0 aliphatic heterocycles. The predicted molar refractivity (Wildman–Crippen MR) is 92.6 cm³/mol. The number of hydrogen-bond donors (Lipinski definition) is 0. The van der Waals surface area contributed by atoms with Crippen molar-refractivity contribution in [1.29, 1.82) is 0 Å². The summed E-state index contributed by atoms with van der Waals surface area (Å²) < 4.78 is 0. The maximum atomic E-state index is 6.29. The minimum atomic E-state index is 0.392. The highest BCUT2D eigenvalue weighted by Crippen LogP contribution is 2.34. The minimum absolute atomic E-state index is 0.392. The van der Waals surface area contributed by atoms with Crippen LogP contribution in [0.1, 0.15) is 97.3 Å². The number of hydrogen-bond acceptors (Lipinski definition) is 0. The van der Waals surface area contributed by atoms with Crippen LogP contribution in [0.15, 0.2) is 11.6 Å². The van der Waals surface area contributed by atoms with Crippen molar-refractivity contribution in [2.45, 2.75) is 103 Å². The van der Waals surface area contributed by atoms with E-state index in [2.05, 4.69) is 19.9 Å². The summed E-state index contributed by atoms with van der Waals surface area (Å²) in [5, 5.41) is 0.392. The summed E-state index contributed by atoms with van der Waals surface area (Å²) in [6.45, 7) is 4.59. The van der Waals surface area contributed by atoms with Gasteiger partial charge in [-0.1, -0.05) is 83.3 Å². The van der Waals surface area contributed by atoms with Gasteiger partial charge in [-0.15, -0.1) is 11.6 Å². The molecule has 0 spiro atoms. The zero-order valence-electron chi connectivity index (χ0n) is 13.8. The van der Waals surface area contributed by atoms with Gasteiger partial charge < -0.3 is 0 Å². The highest BCUT2D eigenvalue weighted by atomic mass is 35.5. The molecule has 0 N–H and O–H groups in total. The van der Waals surface area contributed by atoms with Crippen molar-refractivity contribution < 1.29 is 0 Å². The Hall–Kier alpha value is 0.0300. The molecule has 20 heavy (non-hydrogen) atoms. The van der Waals surface area contributed by atoms with Gasteiger partial charge in [0.2, 0.25) is 0 Å².